The summed E-state index contributed by atoms with van der Waals surface area (Å²) >= 11 is 6.21. The SMILES string of the molecule is COC(=O)c1cc(CBr)cc([N+](=O)[O-])c1Br. The fraction of sp³-hybridized carbons (Fsp3) is 0.222. The summed E-state index contributed by atoms with van der Waals surface area (Å²) in [6.45, 7) is 0. The lowest BCUT2D eigenvalue weighted by Crippen LogP contribution is -2.05. The number of methoxy groups -OCH3 is 1. The van der Waals surface area contributed by atoms with Gasteiger partial charge in [-0.2, -0.15) is 0 Å². The number of hydrogen-bond acceptors (Lipinski definition) is 4. The zero-order valence-electron chi connectivity index (χ0n) is 8.20. The van der Waals surface area contributed by atoms with Crippen molar-refractivity contribution in [3.8, 4) is 0 Å². The van der Waals surface area contributed by atoms with E-state index in [1.807, 2.05) is 0 Å². The molecule has 0 heterocycles. The number of nitrogens with zero attached hydrogens (tertiary/aromatic N) is 1. The fourth-order valence-electron chi connectivity index (χ4n) is 1.14. The Balaban J connectivity index is 3.43. The number of rotatable bonds is 3. The number of nitro benzene ring substituents is 1. The maximum Gasteiger partial charge on any atom is 0.339 e. The minimum atomic E-state index is -0.613. The quantitative estimate of drug-likeness (QED) is 0.363. The molecule has 0 amide bonds. The van der Waals surface area contributed by atoms with Crippen molar-refractivity contribution in [2.75, 3.05) is 7.11 Å². The number of ether oxygens (including phenoxy) is 1. The Labute approximate surface area is 108 Å². The van der Waals surface area contributed by atoms with E-state index in [0.717, 1.165) is 0 Å². The minimum Gasteiger partial charge on any atom is -0.465 e. The van der Waals surface area contributed by atoms with Gasteiger partial charge in [0, 0.05) is 11.4 Å². The number of nitro groups is 1. The summed E-state index contributed by atoms with van der Waals surface area (Å²) < 4.78 is 4.68. The van der Waals surface area contributed by atoms with Gasteiger partial charge in [-0.1, -0.05) is 15.9 Å². The third kappa shape index (κ3) is 2.59. The molecule has 0 N–H and O–H groups in total. The van der Waals surface area contributed by atoms with Gasteiger partial charge in [-0.15, -0.1) is 0 Å². The lowest BCUT2D eigenvalue weighted by Gasteiger charge is -2.05. The molecule has 16 heavy (non-hydrogen) atoms. The lowest BCUT2D eigenvalue weighted by molar-refractivity contribution is -0.385. The molecular weight excluding hydrogens is 346 g/mol. The van der Waals surface area contributed by atoms with Crippen molar-refractivity contribution in [1.82, 2.24) is 0 Å². The molecule has 0 bridgehead atoms. The predicted molar refractivity (Wildman–Crippen MR) is 64.8 cm³/mol. The number of esters is 1. The van der Waals surface area contributed by atoms with Crippen LogP contribution in [0.1, 0.15) is 15.9 Å². The van der Waals surface area contributed by atoms with Crippen molar-refractivity contribution in [2.45, 2.75) is 5.33 Å². The molecule has 5 nitrogen and oxygen atoms in total. The van der Waals surface area contributed by atoms with Crippen molar-refractivity contribution in [3.05, 3.63) is 37.8 Å². The highest BCUT2D eigenvalue weighted by Crippen LogP contribution is 2.31. The Morgan fingerprint density at radius 3 is 2.62 bits per heavy atom. The Morgan fingerprint density at radius 1 is 1.56 bits per heavy atom. The van der Waals surface area contributed by atoms with Crippen molar-refractivity contribution in [2.24, 2.45) is 0 Å². The van der Waals surface area contributed by atoms with Crippen LogP contribution in [-0.4, -0.2) is 18.0 Å². The van der Waals surface area contributed by atoms with Crippen molar-refractivity contribution >= 4 is 43.5 Å². The Bertz CT molecular complexity index is 447. The van der Waals surface area contributed by atoms with Crippen LogP contribution in [0.3, 0.4) is 0 Å². The summed E-state index contributed by atoms with van der Waals surface area (Å²) in [6.07, 6.45) is 0. The number of carbonyl (C=O) groups excluding carboxylic acids is 1. The van der Waals surface area contributed by atoms with Crippen LogP contribution in [0.15, 0.2) is 16.6 Å². The third-order valence-electron chi connectivity index (χ3n) is 1.87. The average Bonchev–Trinajstić information content (AvgIpc) is 2.28. The normalized spacial score (nSPS) is 9.94. The van der Waals surface area contributed by atoms with E-state index in [2.05, 4.69) is 36.6 Å². The predicted octanol–water partition coefficient (Wildman–Crippen LogP) is 3.04. The van der Waals surface area contributed by atoms with Gasteiger partial charge in [-0.25, -0.2) is 4.79 Å². The molecule has 0 unspecified atom stereocenters. The maximum absolute atomic E-state index is 11.4. The molecule has 0 aliphatic carbocycles. The Morgan fingerprint density at radius 2 is 2.19 bits per heavy atom. The Kier molecular flexibility index (Phi) is 4.43. The molecule has 1 aromatic carbocycles. The largest absolute Gasteiger partial charge is 0.465 e. The fourth-order valence-corrected chi connectivity index (χ4v) is 2.00. The van der Waals surface area contributed by atoms with Gasteiger partial charge in [0.15, 0.2) is 0 Å². The summed E-state index contributed by atoms with van der Waals surface area (Å²) in [5.74, 6) is -0.613. The van der Waals surface area contributed by atoms with Gasteiger partial charge in [-0.3, -0.25) is 10.1 Å². The first kappa shape index (κ1) is 13.1. The van der Waals surface area contributed by atoms with E-state index in [9.17, 15) is 14.9 Å². The molecule has 0 radical (unpaired) electrons. The van der Waals surface area contributed by atoms with Crippen LogP contribution in [0.5, 0.6) is 0 Å². The number of benzene rings is 1. The first-order chi connectivity index (χ1) is 7.51. The topological polar surface area (TPSA) is 69.4 Å². The van der Waals surface area contributed by atoms with Crippen LogP contribution < -0.4 is 0 Å². The van der Waals surface area contributed by atoms with E-state index in [1.54, 1.807) is 0 Å². The minimum absolute atomic E-state index is 0.133. The number of halogens is 2. The second-order valence-corrected chi connectivity index (χ2v) is 4.21. The molecule has 1 rings (SSSR count). The summed E-state index contributed by atoms with van der Waals surface area (Å²) in [7, 11) is 1.22. The zero-order valence-corrected chi connectivity index (χ0v) is 11.4. The van der Waals surface area contributed by atoms with Gasteiger partial charge in [0.05, 0.1) is 17.6 Å². The number of carbonyl (C=O) groups is 1. The molecule has 0 spiro atoms. The molecule has 0 saturated heterocycles. The maximum atomic E-state index is 11.4. The van der Waals surface area contributed by atoms with E-state index in [4.69, 9.17) is 0 Å². The highest BCUT2D eigenvalue weighted by atomic mass is 79.9. The van der Waals surface area contributed by atoms with E-state index in [0.29, 0.717) is 10.9 Å². The monoisotopic (exact) mass is 351 g/mol. The first-order valence-electron chi connectivity index (χ1n) is 4.12. The standard InChI is InChI=1S/C9H7Br2NO4/c1-16-9(13)6-2-5(4-10)3-7(8(6)11)12(14)15/h2-3H,4H2,1H3. The van der Waals surface area contributed by atoms with Gasteiger partial charge < -0.3 is 4.74 Å². The Hall–Kier alpha value is -0.950. The summed E-state index contributed by atoms with van der Waals surface area (Å²) in [5.41, 5.74) is 0.624. The molecule has 0 aliphatic rings. The van der Waals surface area contributed by atoms with Crippen LogP contribution >= 0.6 is 31.9 Å². The van der Waals surface area contributed by atoms with Crippen LogP contribution in [-0.2, 0) is 10.1 Å². The first-order valence-corrected chi connectivity index (χ1v) is 6.03. The number of hydrogen-bond donors (Lipinski definition) is 0. The van der Waals surface area contributed by atoms with E-state index in [-0.39, 0.29) is 15.7 Å². The molecule has 86 valence electrons. The van der Waals surface area contributed by atoms with Gasteiger partial charge in [-0.05, 0) is 27.6 Å². The molecule has 0 fully saturated rings. The van der Waals surface area contributed by atoms with Gasteiger partial charge >= 0.3 is 5.97 Å². The molecule has 0 saturated carbocycles. The third-order valence-corrected chi connectivity index (χ3v) is 3.35. The molecule has 1 aromatic rings. The van der Waals surface area contributed by atoms with Crippen LogP contribution in [0.25, 0.3) is 0 Å². The van der Waals surface area contributed by atoms with Gasteiger partial charge in [0.25, 0.3) is 5.69 Å². The molecule has 0 aromatic heterocycles. The zero-order chi connectivity index (χ0) is 12.3. The molecule has 0 atom stereocenters. The number of alkyl halides is 1. The van der Waals surface area contributed by atoms with Crippen molar-refractivity contribution in [3.63, 3.8) is 0 Å². The van der Waals surface area contributed by atoms with E-state index in [1.165, 1.54) is 19.2 Å². The second-order valence-electron chi connectivity index (χ2n) is 2.86. The highest BCUT2D eigenvalue weighted by molar-refractivity contribution is 9.10. The molecule has 0 aliphatic heterocycles. The summed E-state index contributed by atoms with van der Waals surface area (Å²) in [5, 5.41) is 11.2. The van der Waals surface area contributed by atoms with Crippen LogP contribution in [0.4, 0.5) is 5.69 Å². The molecule has 7 heteroatoms. The van der Waals surface area contributed by atoms with E-state index < -0.39 is 10.9 Å². The lowest BCUT2D eigenvalue weighted by atomic mass is 10.1. The second kappa shape index (κ2) is 5.40. The van der Waals surface area contributed by atoms with E-state index >= 15 is 0 Å². The van der Waals surface area contributed by atoms with Crippen molar-refractivity contribution in [1.29, 1.82) is 0 Å². The molecular formula is C9H7Br2NO4. The smallest absolute Gasteiger partial charge is 0.339 e. The van der Waals surface area contributed by atoms with Crippen LogP contribution in [0, 0.1) is 10.1 Å². The highest BCUT2D eigenvalue weighted by Gasteiger charge is 2.21. The summed E-state index contributed by atoms with van der Waals surface area (Å²) in [6, 6.07) is 2.93. The van der Waals surface area contributed by atoms with Gasteiger partial charge in [0.2, 0.25) is 0 Å². The summed E-state index contributed by atoms with van der Waals surface area (Å²) in [4.78, 5) is 21.6. The average molecular weight is 353 g/mol. The van der Waals surface area contributed by atoms with Crippen LogP contribution in [0.2, 0.25) is 0 Å². The van der Waals surface area contributed by atoms with Crippen molar-refractivity contribution < 1.29 is 14.5 Å². The van der Waals surface area contributed by atoms with Gasteiger partial charge in [0.1, 0.15) is 4.47 Å².